The molecule has 0 saturated heterocycles. The SMILES string of the molecule is O=S(=O)(NCC1CCCC1O)c1ccccc1Br. The Morgan fingerprint density at radius 3 is 2.67 bits per heavy atom. The smallest absolute Gasteiger partial charge is 0.241 e. The lowest BCUT2D eigenvalue weighted by molar-refractivity contribution is 0.134. The first kappa shape index (κ1) is 14.0. The van der Waals surface area contributed by atoms with Gasteiger partial charge in [0.15, 0.2) is 0 Å². The number of benzene rings is 1. The van der Waals surface area contributed by atoms with Crippen LogP contribution in [0.4, 0.5) is 0 Å². The lowest BCUT2D eigenvalue weighted by atomic mass is 10.1. The van der Waals surface area contributed by atoms with Gasteiger partial charge in [0.05, 0.1) is 11.0 Å². The molecule has 0 bridgehead atoms. The molecule has 4 nitrogen and oxygen atoms in total. The first-order valence-electron chi connectivity index (χ1n) is 5.93. The van der Waals surface area contributed by atoms with Crippen molar-refractivity contribution in [3.63, 3.8) is 0 Å². The molecule has 0 spiro atoms. The summed E-state index contributed by atoms with van der Waals surface area (Å²) in [7, 11) is -3.51. The monoisotopic (exact) mass is 333 g/mol. The zero-order valence-corrected chi connectivity index (χ0v) is 12.2. The van der Waals surface area contributed by atoms with Crippen LogP contribution in [0.15, 0.2) is 33.6 Å². The molecule has 0 aliphatic heterocycles. The summed E-state index contributed by atoms with van der Waals surface area (Å²) in [5, 5.41) is 9.67. The van der Waals surface area contributed by atoms with Gasteiger partial charge in [-0.25, -0.2) is 13.1 Å². The van der Waals surface area contributed by atoms with Gasteiger partial charge in [0, 0.05) is 11.0 Å². The minimum atomic E-state index is -3.51. The summed E-state index contributed by atoms with van der Waals surface area (Å²) in [6.07, 6.45) is 2.22. The summed E-state index contributed by atoms with van der Waals surface area (Å²) in [6, 6.07) is 6.70. The molecule has 100 valence electrons. The van der Waals surface area contributed by atoms with Crippen LogP contribution in [0.2, 0.25) is 0 Å². The third-order valence-electron chi connectivity index (χ3n) is 3.28. The third-order valence-corrected chi connectivity index (χ3v) is 5.72. The zero-order chi connectivity index (χ0) is 13.2. The van der Waals surface area contributed by atoms with Crippen LogP contribution in [0.1, 0.15) is 19.3 Å². The van der Waals surface area contributed by atoms with Crippen molar-refractivity contribution < 1.29 is 13.5 Å². The highest BCUT2D eigenvalue weighted by atomic mass is 79.9. The van der Waals surface area contributed by atoms with Gasteiger partial charge in [0.2, 0.25) is 10.0 Å². The summed E-state index contributed by atoms with van der Waals surface area (Å²) in [6.45, 7) is 0.296. The Kier molecular flexibility index (Phi) is 4.42. The lowest BCUT2D eigenvalue weighted by Gasteiger charge is -2.15. The van der Waals surface area contributed by atoms with Crippen LogP contribution < -0.4 is 4.72 Å². The van der Waals surface area contributed by atoms with Crippen LogP contribution in [0, 0.1) is 5.92 Å². The maximum absolute atomic E-state index is 12.1. The van der Waals surface area contributed by atoms with Crippen molar-refractivity contribution in [3.8, 4) is 0 Å². The molecule has 0 radical (unpaired) electrons. The molecule has 1 saturated carbocycles. The number of hydrogen-bond donors (Lipinski definition) is 2. The van der Waals surface area contributed by atoms with Crippen LogP contribution in [0.5, 0.6) is 0 Å². The van der Waals surface area contributed by atoms with E-state index in [1.54, 1.807) is 24.3 Å². The topological polar surface area (TPSA) is 66.4 Å². The molecule has 1 aromatic carbocycles. The fourth-order valence-corrected chi connectivity index (χ4v) is 4.31. The molecule has 0 aromatic heterocycles. The maximum Gasteiger partial charge on any atom is 0.241 e. The molecule has 2 N–H and O–H groups in total. The maximum atomic E-state index is 12.1. The molecule has 1 aliphatic carbocycles. The fourth-order valence-electron chi connectivity index (χ4n) is 2.21. The third kappa shape index (κ3) is 3.12. The Morgan fingerprint density at radius 2 is 2.06 bits per heavy atom. The largest absolute Gasteiger partial charge is 0.393 e. The van der Waals surface area contributed by atoms with E-state index in [0.717, 1.165) is 19.3 Å². The molecule has 2 rings (SSSR count). The highest BCUT2D eigenvalue weighted by Gasteiger charge is 2.27. The summed E-state index contributed by atoms with van der Waals surface area (Å²) in [4.78, 5) is 0.234. The van der Waals surface area contributed by atoms with Crippen LogP contribution in [0.3, 0.4) is 0 Å². The highest BCUT2D eigenvalue weighted by molar-refractivity contribution is 9.10. The van der Waals surface area contributed by atoms with Gasteiger partial charge in [-0.15, -0.1) is 0 Å². The molecular formula is C12H16BrNO3S. The Labute approximate surface area is 116 Å². The molecule has 2 unspecified atom stereocenters. The molecule has 1 fully saturated rings. The zero-order valence-electron chi connectivity index (χ0n) is 9.84. The van der Waals surface area contributed by atoms with E-state index in [2.05, 4.69) is 20.7 Å². The number of aliphatic hydroxyl groups excluding tert-OH is 1. The summed E-state index contributed by atoms with van der Waals surface area (Å²) in [5.74, 6) is 0.0299. The lowest BCUT2D eigenvalue weighted by Crippen LogP contribution is -2.32. The fraction of sp³-hybridized carbons (Fsp3) is 0.500. The van der Waals surface area contributed by atoms with E-state index in [9.17, 15) is 13.5 Å². The minimum absolute atomic E-state index is 0.0299. The molecule has 6 heteroatoms. The molecule has 1 aliphatic rings. The molecule has 18 heavy (non-hydrogen) atoms. The average molecular weight is 334 g/mol. The minimum Gasteiger partial charge on any atom is -0.393 e. The van der Waals surface area contributed by atoms with Crippen molar-refractivity contribution in [1.29, 1.82) is 0 Å². The molecule has 1 aromatic rings. The highest BCUT2D eigenvalue weighted by Crippen LogP contribution is 2.26. The second-order valence-corrected chi connectivity index (χ2v) is 7.13. The number of rotatable bonds is 4. The normalized spacial score (nSPS) is 24.3. The van der Waals surface area contributed by atoms with Gasteiger partial charge >= 0.3 is 0 Å². The Hall–Kier alpha value is -0.430. The number of hydrogen-bond acceptors (Lipinski definition) is 3. The van der Waals surface area contributed by atoms with Gasteiger partial charge in [-0.05, 0) is 46.8 Å². The number of halogens is 1. The van der Waals surface area contributed by atoms with Gasteiger partial charge in [0.25, 0.3) is 0 Å². The Morgan fingerprint density at radius 1 is 1.33 bits per heavy atom. The van der Waals surface area contributed by atoms with Crippen molar-refractivity contribution in [1.82, 2.24) is 4.72 Å². The summed E-state index contributed by atoms with van der Waals surface area (Å²) < 4.78 is 27.3. The van der Waals surface area contributed by atoms with Gasteiger partial charge in [-0.1, -0.05) is 18.6 Å². The van der Waals surface area contributed by atoms with Crippen molar-refractivity contribution in [2.45, 2.75) is 30.3 Å². The predicted molar refractivity (Wildman–Crippen MR) is 72.7 cm³/mol. The molecule has 0 amide bonds. The van der Waals surface area contributed by atoms with Gasteiger partial charge < -0.3 is 5.11 Å². The van der Waals surface area contributed by atoms with Crippen LogP contribution in [-0.4, -0.2) is 26.2 Å². The first-order chi connectivity index (χ1) is 8.50. The quantitative estimate of drug-likeness (QED) is 0.884. The molecule has 2 atom stereocenters. The second-order valence-electron chi connectivity index (χ2n) is 4.54. The van der Waals surface area contributed by atoms with Gasteiger partial charge in [0.1, 0.15) is 0 Å². The number of nitrogens with one attached hydrogen (secondary N) is 1. The van der Waals surface area contributed by atoms with E-state index in [1.807, 2.05) is 0 Å². The summed E-state index contributed by atoms with van der Waals surface area (Å²) in [5.41, 5.74) is 0. The Balaban J connectivity index is 2.06. The van der Waals surface area contributed by atoms with E-state index >= 15 is 0 Å². The van der Waals surface area contributed by atoms with E-state index in [0.29, 0.717) is 11.0 Å². The van der Waals surface area contributed by atoms with E-state index in [-0.39, 0.29) is 16.9 Å². The van der Waals surface area contributed by atoms with E-state index in [4.69, 9.17) is 0 Å². The van der Waals surface area contributed by atoms with Crippen LogP contribution in [0.25, 0.3) is 0 Å². The van der Waals surface area contributed by atoms with Crippen molar-refractivity contribution in [3.05, 3.63) is 28.7 Å². The van der Waals surface area contributed by atoms with Crippen molar-refractivity contribution in [2.24, 2.45) is 5.92 Å². The van der Waals surface area contributed by atoms with E-state index in [1.165, 1.54) is 0 Å². The summed E-state index contributed by atoms with van der Waals surface area (Å²) >= 11 is 3.23. The van der Waals surface area contributed by atoms with Crippen LogP contribution in [-0.2, 0) is 10.0 Å². The number of sulfonamides is 1. The number of aliphatic hydroxyl groups is 1. The standard InChI is InChI=1S/C12H16BrNO3S/c13-10-5-1-2-7-12(10)18(16,17)14-8-9-4-3-6-11(9)15/h1-2,5,7,9,11,14-15H,3-4,6,8H2. The van der Waals surface area contributed by atoms with Crippen molar-refractivity contribution in [2.75, 3.05) is 6.54 Å². The second kappa shape index (κ2) is 5.69. The molecular weight excluding hydrogens is 318 g/mol. The van der Waals surface area contributed by atoms with Gasteiger partial charge in [-0.2, -0.15) is 0 Å². The first-order valence-corrected chi connectivity index (χ1v) is 8.20. The van der Waals surface area contributed by atoms with E-state index < -0.39 is 10.0 Å². The Bertz CT molecular complexity index is 518. The predicted octanol–water partition coefficient (Wildman–Crippen LogP) is 1.89. The average Bonchev–Trinajstić information content (AvgIpc) is 2.73. The van der Waals surface area contributed by atoms with Crippen LogP contribution >= 0.6 is 15.9 Å². The van der Waals surface area contributed by atoms with Gasteiger partial charge in [-0.3, -0.25) is 0 Å². The molecule has 0 heterocycles. The van der Waals surface area contributed by atoms with Crippen molar-refractivity contribution >= 4 is 26.0 Å².